The Kier molecular flexibility index (Phi) is 6.40. The molecule has 0 radical (unpaired) electrons. The second kappa shape index (κ2) is 10.0. The van der Waals surface area contributed by atoms with Crippen molar-refractivity contribution in [3.63, 3.8) is 0 Å². The summed E-state index contributed by atoms with van der Waals surface area (Å²) in [7, 11) is 0. The first-order valence-electron chi connectivity index (χ1n) is 12.6. The molecule has 5 aromatic rings. The third-order valence-electron chi connectivity index (χ3n) is 7.33. The Bertz CT molecular complexity index is 1680. The number of anilines is 2. The minimum Gasteiger partial charge on any atom is -0.383 e. The SMILES string of the molecule is Nc1nccc2c1CCC(C(=O)NC(Cc1ccccc1)c1nc(-c3ccc4c(N)n[nH]c4c3F)c(Cl)[nH]1)C2. The number of hydrogen-bond donors (Lipinski definition) is 5. The first-order valence-corrected chi connectivity index (χ1v) is 13.0. The summed E-state index contributed by atoms with van der Waals surface area (Å²) in [5.41, 5.74) is 15.5. The van der Waals surface area contributed by atoms with Crippen LogP contribution in [-0.2, 0) is 24.1 Å². The van der Waals surface area contributed by atoms with Gasteiger partial charge in [0.1, 0.15) is 28.0 Å². The van der Waals surface area contributed by atoms with Gasteiger partial charge in [0.05, 0.1) is 6.04 Å². The summed E-state index contributed by atoms with van der Waals surface area (Å²) in [5, 5.41) is 10.3. The van der Waals surface area contributed by atoms with E-state index in [-0.39, 0.29) is 39.6 Å². The van der Waals surface area contributed by atoms with Crippen molar-refractivity contribution in [1.82, 2.24) is 30.5 Å². The number of aromatic nitrogens is 5. The summed E-state index contributed by atoms with van der Waals surface area (Å²) in [5.74, 6) is 0.281. The van der Waals surface area contributed by atoms with Gasteiger partial charge in [-0.2, -0.15) is 5.10 Å². The van der Waals surface area contributed by atoms with Gasteiger partial charge in [-0.1, -0.05) is 41.9 Å². The molecule has 9 nitrogen and oxygen atoms in total. The number of aromatic amines is 2. The van der Waals surface area contributed by atoms with E-state index >= 15 is 4.39 Å². The Morgan fingerprint density at radius 1 is 1.15 bits per heavy atom. The minimum absolute atomic E-state index is 0.0911. The van der Waals surface area contributed by atoms with Crippen LogP contribution < -0.4 is 16.8 Å². The summed E-state index contributed by atoms with van der Waals surface area (Å²) in [6, 6.07) is 14.4. The van der Waals surface area contributed by atoms with E-state index in [4.69, 9.17) is 23.1 Å². The van der Waals surface area contributed by atoms with Gasteiger partial charge in [0.25, 0.3) is 0 Å². The van der Waals surface area contributed by atoms with Crippen LogP contribution >= 0.6 is 11.6 Å². The summed E-state index contributed by atoms with van der Waals surface area (Å²) >= 11 is 6.55. The van der Waals surface area contributed by atoms with Crippen molar-refractivity contribution < 1.29 is 9.18 Å². The molecule has 1 aliphatic rings. The zero-order valence-corrected chi connectivity index (χ0v) is 21.6. The van der Waals surface area contributed by atoms with Gasteiger partial charge >= 0.3 is 0 Å². The molecule has 0 saturated heterocycles. The Labute approximate surface area is 228 Å². The molecule has 6 rings (SSSR count). The number of carbonyl (C=O) groups excluding carboxylic acids is 1. The maximum Gasteiger partial charge on any atom is 0.224 e. The van der Waals surface area contributed by atoms with E-state index in [9.17, 15) is 4.79 Å². The summed E-state index contributed by atoms with van der Waals surface area (Å²) in [6.07, 6.45) is 4.07. The van der Waals surface area contributed by atoms with Crippen molar-refractivity contribution in [3.05, 3.63) is 88.2 Å². The Hall–Kier alpha value is -4.44. The number of imidazole rings is 1. The van der Waals surface area contributed by atoms with Gasteiger partial charge in [-0.05, 0) is 60.6 Å². The number of nitrogens with one attached hydrogen (secondary N) is 3. The van der Waals surface area contributed by atoms with Crippen LogP contribution in [0.4, 0.5) is 16.0 Å². The zero-order chi connectivity index (χ0) is 27.1. The minimum atomic E-state index is -0.560. The van der Waals surface area contributed by atoms with Crippen LogP contribution in [0.15, 0.2) is 54.7 Å². The number of carbonyl (C=O) groups is 1. The number of nitrogens with two attached hydrogens (primary N) is 2. The number of pyridine rings is 1. The molecule has 0 spiro atoms. The molecule has 0 saturated carbocycles. The second-order valence-corrected chi connectivity index (χ2v) is 10.1. The molecule has 2 aromatic carbocycles. The third-order valence-corrected chi connectivity index (χ3v) is 7.61. The van der Waals surface area contributed by atoms with E-state index in [1.54, 1.807) is 18.3 Å². The van der Waals surface area contributed by atoms with Gasteiger partial charge in [-0.25, -0.2) is 14.4 Å². The largest absolute Gasteiger partial charge is 0.383 e. The fraction of sp³-hybridized carbons (Fsp3) is 0.214. The first kappa shape index (κ1) is 24.9. The molecular formula is C28H26ClFN8O. The van der Waals surface area contributed by atoms with E-state index in [2.05, 4.69) is 30.5 Å². The number of benzene rings is 2. The summed E-state index contributed by atoms with van der Waals surface area (Å²) in [4.78, 5) is 25.4. The molecule has 1 amide bonds. The van der Waals surface area contributed by atoms with E-state index in [1.807, 2.05) is 36.4 Å². The van der Waals surface area contributed by atoms with Gasteiger partial charge in [0.15, 0.2) is 11.6 Å². The molecule has 3 heterocycles. The Balaban J connectivity index is 1.31. The molecule has 0 aliphatic heterocycles. The van der Waals surface area contributed by atoms with Crippen LogP contribution in [0.1, 0.15) is 35.0 Å². The first-order chi connectivity index (χ1) is 18.9. The lowest BCUT2D eigenvalue weighted by Gasteiger charge is -2.26. The van der Waals surface area contributed by atoms with Gasteiger partial charge in [-0.3, -0.25) is 9.89 Å². The molecule has 1 aliphatic carbocycles. The van der Waals surface area contributed by atoms with Crippen LogP contribution in [0.2, 0.25) is 5.15 Å². The summed E-state index contributed by atoms with van der Waals surface area (Å²) < 4.78 is 15.4. The summed E-state index contributed by atoms with van der Waals surface area (Å²) in [6.45, 7) is 0. The van der Waals surface area contributed by atoms with Crippen molar-refractivity contribution in [1.29, 1.82) is 0 Å². The van der Waals surface area contributed by atoms with Crippen molar-refractivity contribution >= 4 is 40.0 Å². The van der Waals surface area contributed by atoms with E-state index < -0.39 is 11.9 Å². The number of hydrogen-bond acceptors (Lipinski definition) is 6. The van der Waals surface area contributed by atoms with Gasteiger partial charge < -0.3 is 21.8 Å². The average Bonchev–Trinajstić information content (AvgIpc) is 3.52. The second-order valence-electron chi connectivity index (χ2n) is 9.77. The van der Waals surface area contributed by atoms with Crippen molar-refractivity contribution in [2.75, 3.05) is 11.5 Å². The fourth-order valence-electron chi connectivity index (χ4n) is 5.27. The molecule has 3 aromatic heterocycles. The van der Waals surface area contributed by atoms with E-state index in [0.717, 1.165) is 16.7 Å². The van der Waals surface area contributed by atoms with Gasteiger partial charge in [-0.15, -0.1) is 0 Å². The maximum absolute atomic E-state index is 15.4. The highest BCUT2D eigenvalue weighted by Crippen LogP contribution is 2.34. The lowest BCUT2D eigenvalue weighted by Crippen LogP contribution is -2.38. The Morgan fingerprint density at radius 3 is 2.79 bits per heavy atom. The highest BCUT2D eigenvalue weighted by atomic mass is 35.5. The zero-order valence-electron chi connectivity index (χ0n) is 20.8. The fourth-order valence-corrected chi connectivity index (χ4v) is 5.51. The smallest absolute Gasteiger partial charge is 0.224 e. The van der Waals surface area contributed by atoms with Crippen LogP contribution in [0.5, 0.6) is 0 Å². The molecule has 7 N–H and O–H groups in total. The van der Waals surface area contributed by atoms with Crippen molar-refractivity contribution in [2.45, 2.75) is 31.7 Å². The monoisotopic (exact) mass is 544 g/mol. The standard InChI is InChI=1S/C28H26ClFN8O/c29-24-23(18-8-9-19-22(21(18)30)37-38-26(19)32)35-27(36-24)20(12-14-4-2-1-3-5-14)34-28(39)16-6-7-17-15(13-16)10-11-33-25(17)31/h1-5,8-11,16,20H,6-7,12-13H2,(H2,31,33)(H,34,39)(H,35,36)(H3,32,37,38). The number of amides is 1. The van der Waals surface area contributed by atoms with Crippen LogP contribution in [0, 0.1) is 11.7 Å². The number of nitrogen functional groups attached to an aromatic ring is 2. The topological polar surface area (TPSA) is 151 Å². The number of fused-ring (bicyclic) bond motifs is 2. The molecule has 0 fully saturated rings. The van der Waals surface area contributed by atoms with Gasteiger partial charge in [0.2, 0.25) is 5.91 Å². The number of halogens is 2. The average molecular weight is 545 g/mol. The van der Waals surface area contributed by atoms with E-state index in [1.165, 1.54) is 0 Å². The molecular weight excluding hydrogens is 519 g/mol. The van der Waals surface area contributed by atoms with Crippen LogP contribution in [0.25, 0.3) is 22.2 Å². The third kappa shape index (κ3) is 4.67. The maximum atomic E-state index is 15.4. The number of H-pyrrole nitrogens is 2. The highest BCUT2D eigenvalue weighted by Gasteiger charge is 2.30. The van der Waals surface area contributed by atoms with Gasteiger partial charge in [0, 0.05) is 23.1 Å². The molecule has 11 heteroatoms. The predicted octanol–water partition coefficient (Wildman–Crippen LogP) is 4.51. The number of rotatable bonds is 6. The lowest BCUT2D eigenvalue weighted by atomic mass is 9.83. The Morgan fingerprint density at radius 2 is 1.97 bits per heavy atom. The normalized spacial score (nSPS) is 15.7. The molecule has 198 valence electrons. The molecule has 2 atom stereocenters. The molecule has 2 unspecified atom stereocenters. The van der Waals surface area contributed by atoms with Crippen LogP contribution in [-0.4, -0.2) is 31.1 Å². The van der Waals surface area contributed by atoms with Crippen LogP contribution in [0.3, 0.4) is 0 Å². The lowest BCUT2D eigenvalue weighted by molar-refractivity contribution is -0.126. The number of nitrogens with zero attached hydrogens (tertiary/aromatic N) is 3. The quantitative estimate of drug-likeness (QED) is 0.212. The highest BCUT2D eigenvalue weighted by molar-refractivity contribution is 6.32. The molecule has 39 heavy (non-hydrogen) atoms. The van der Waals surface area contributed by atoms with Crippen molar-refractivity contribution in [3.8, 4) is 11.3 Å². The predicted molar refractivity (Wildman–Crippen MR) is 148 cm³/mol. The van der Waals surface area contributed by atoms with Crippen molar-refractivity contribution in [2.24, 2.45) is 5.92 Å². The molecule has 0 bridgehead atoms. The van der Waals surface area contributed by atoms with E-state index in [0.29, 0.717) is 42.7 Å².